The number of carbonyl (C=O) groups is 1. The maximum absolute atomic E-state index is 12.0. The van der Waals surface area contributed by atoms with Gasteiger partial charge in [-0.1, -0.05) is 6.07 Å². The van der Waals surface area contributed by atoms with Crippen molar-refractivity contribution < 1.29 is 14.3 Å². The van der Waals surface area contributed by atoms with Crippen molar-refractivity contribution in [2.75, 3.05) is 34.4 Å². The maximum atomic E-state index is 12.0. The number of ether oxygens (including phenoxy) is 2. The second-order valence-corrected chi connectivity index (χ2v) is 5.38. The van der Waals surface area contributed by atoms with Crippen LogP contribution in [0.15, 0.2) is 23.3 Å². The zero-order valence-electron chi connectivity index (χ0n) is 13.4. The summed E-state index contributed by atoms with van der Waals surface area (Å²) in [4.78, 5) is 14.2. The normalized spacial score (nSPS) is 15.3. The van der Waals surface area contributed by atoms with E-state index in [1.165, 1.54) is 0 Å². The number of nitrogens with one attached hydrogen (secondary N) is 1. The minimum Gasteiger partial charge on any atom is -0.493 e. The number of hydrogen-bond acceptors (Lipinski definition) is 5. The van der Waals surface area contributed by atoms with Gasteiger partial charge in [0, 0.05) is 31.6 Å². The van der Waals surface area contributed by atoms with Gasteiger partial charge in [0.05, 0.1) is 20.6 Å². The molecule has 0 saturated carbocycles. The molecule has 6 nitrogen and oxygen atoms in total. The molecular weight excluding hydrogens is 282 g/mol. The third-order valence-corrected chi connectivity index (χ3v) is 3.72. The lowest BCUT2D eigenvalue weighted by atomic mass is 10.1. The molecule has 1 amide bonds. The van der Waals surface area contributed by atoms with Gasteiger partial charge < -0.3 is 14.4 Å². The van der Waals surface area contributed by atoms with E-state index in [0.29, 0.717) is 11.5 Å². The van der Waals surface area contributed by atoms with E-state index in [2.05, 4.69) is 22.5 Å². The second kappa shape index (κ2) is 7.79. The molecule has 0 radical (unpaired) electrons. The number of hydrazone groups is 1. The van der Waals surface area contributed by atoms with Crippen LogP contribution in [0.1, 0.15) is 18.4 Å². The number of piperidine rings is 1. The summed E-state index contributed by atoms with van der Waals surface area (Å²) in [6.07, 6.45) is 2.08. The Morgan fingerprint density at radius 1 is 1.23 bits per heavy atom. The van der Waals surface area contributed by atoms with Crippen molar-refractivity contribution in [3.8, 4) is 11.5 Å². The molecule has 1 aliphatic rings. The summed E-state index contributed by atoms with van der Waals surface area (Å²) in [7, 11) is 5.25. The predicted octanol–water partition coefficient (Wildman–Crippen LogP) is 1.44. The molecular formula is C16H23N3O3. The van der Waals surface area contributed by atoms with Crippen LogP contribution in [0.2, 0.25) is 0 Å². The third kappa shape index (κ3) is 4.46. The van der Waals surface area contributed by atoms with E-state index in [-0.39, 0.29) is 12.3 Å². The predicted molar refractivity (Wildman–Crippen MR) is 85.6 cm³/mol. The molecule has 1 heterocycles. The number of rotatable bonds is 5. The van der Waals surface area contributed by atoms with Crippen LogP contribution in [0, 0.1) is 0 Å². The van der Waals surface area contributed by atoms with Crippen molar-refractivity contribution in [1.82, 2.24) is 10.3 Å². The Morgan fingerprint density at radius 3 is 2.55 bits per heavy atom. The molecule has 1 aliphatic heterocycles. The number of likely N-dealkylation sites (tertiary alicyclic amines) is 1. The topological polar surface area (TPSA) is 63.2 Å². The van der Waals surface area contributed by atoms with Crippen molar-refractivity contribution >= 4 is 11.6 Å². The minimum atomic E-state index is -0.126. The van der Waals surface area contributed by atoms with E-state index < -0.39 is 0 Å². The zero-order chi connectivity index (χ0) is 15.9. The fourth-order valence-corrected chi connectivity index (χ4v) is 2.35. The summed E-state index contributed by atoms with van der Waals surface area (Å²) >= 11 is 0. The van der Waals surface area contributed by atoms with Crippen LogP contribution < -0.4 is 14.9 Å². The monoisotopic (exact) mass is 305 g/mol. The number of carbonyl (C=O) groups excluding carboxylic acids is 1. The van der Waals surface area contributed by atoms with Crippen LogP contribution in [-0.2, 0) is 11.2 Å². The molecule has 1 aromatic rings. The van der Waals surface area contributed by atoms with Gasteiger partial charge in [0.2, 0.25) is 5.91 Å². The van der Waals surface area contributed by atoms with Gasteiger partial charge in [0.1, 0.15) is 0 Å². The standard InChI is InChI=1S/C16H23N3O3/c1-19-8-6-13(7-9-19)17-18-16(20)11-12-4-5-14(21-2)15(10-12)22-3/h4-5,10H,6-9,11H2,1-3H3,(H,18,20). The molecule has 6 heteroatoms. The van der Waals surface area contributed by atoms with Crippen LogP contribution in [0.3, 0.4) is 0 Å². The summed E-state index contributed by atoms with van der Waals surface area (Å²) in [5.74, 6) is 1.14. The Morgan fingerprint density at radius 2 is 1.91 bits per heavy atom. The first kappa shape index (κ1) is 16.3. The SMILES string of the molecule is COc1ccc(CC(=O)NN=C2CCN(C)CC2)cc1OC. The lowest BCUT2D eigenvalue weighted by Gasteiger charge is -2.22. The lowest BCUT2D eigenvalue weighted by molar-refractivity contribution is -0.120. The Balaban J connectivity index is 1.90. The van der Waals surface area contributed by atoms with Gasteiger partial charge in [-0.25, -0.2) is 5.43 Å². The molecule has 0 spiro atoms. The van der Waals surface area contributed by atoms with Gasteiger partial charge in [-0.2, -0.15) is 5.10 Å². The van der Waals surface area contributed by atoms with E-state index in [1.807, 2.05) is 6.07 Å². The minimum absolute atomic E-state index is 0.126. The van der Waals surface area contributed by atoms with E-state index in [9.17, 15) is 4.79 Å². The fraction of sp³-hybridized carbons (Fsp3) is 0.500. The molecule has 0 aromatic heterocycles. The second-order valence-electron chi connectivity index (χ2n) is 5.38. The molecule has 1 aromatic carbocycles. The average molecular weight is 305 g/mol. The van der Waals surface area contributed by atoms with Gasteiger partial charge in [-0.05, 0) is 24.7 Å². The first-order chi connectivity index (χ1) is 10.6. The molecule has 1 saturated heterocycles. The molecule has 0 atom stereocenters. The number of methoxy groups -OCH3 is 2. The highest BCUT2D eigenvalue weighted by Crippen LogP contribution is 2.27. The smallest absolute Gasteiger partial charge is 0.244 e. The number of hydrogen-bond donors (Lipinski definition) is 1. The maximum Gasteiger partial charge on any atom is 0.244 e. The van der Waals surface area contributed by atoms with Crippen molar-refractivity contribution in [3.63, 3.8) is 0 Å². The van der Waals surface area contributed by atoms with E-state index in [4.69, 9.17) is 9.47 Å². The van der Waals surface area contributed by atoms with E-state index in [1.54, 1.807) is 26.4 Å². The fourth-order valence-electron chi connectivity index (χ4n) is 2.35. The summed E-state index contributed by atoms with van der Waals surface area (Å²) in [5.41, 5.74) is 4.55. The van der Waals surface area contributed by atoms with Crippen molar-refractivity contribution in [2.45, 2.75) is 19.3 Å². The van der Waals surface area contributed by atoms with Gasteiger partial charge in [0.25, 0.3) is 0 Å². The van der Waals surface area contributed by atoms with Gasteiger partial charge in [-0.3, -0.25) is 4.79 Å². The molecule has 0 aliphatic carbocycles. The van der Waals surface area contributed by atoms with Crippen molar-refractivity contribution in [3.05, 3.63) is 23.8 Å². The summed E-state index contributed by atoms with van der Waals surface area (Å²) < 4.78 is 10.4. The lowest BCUT2D eigenvalue weighted by Crippen LogP contribution is -2.32. The zero-order valence-corrected chi connectivity index (χ0v) is 13.4. The summed E-state index contributed by atoms with van der Waals surface area (Å²) in [6.45, 7) is 1.98. The number of nitrogens with zero attached hydrogens (tertiary/aromatic N) is 2. The van der Waals surface area contributed by atoms with Crippen molar-refractivity contribution in [1.29, 1.82) is 0 Å². The molecule has 120 valence electrons. The highest BCUT2D eigenvalue weighted by Gasteiger charge is 2.12. The van der Waals surface area contributed by atoms with Gasteiger partial charge in [0.15, 0.2) is 11.5 Å². The van der Waals surface area contributed by atoms with Crippen LogP contribution in [-0.4, -0.2) is 50.9 Å². The molecule has 1 fully saturated rings. The van der Waals surface area contributed by atoms with Crippen LogP contribution in [0.25, 0.3) is 0 Å². The molecule has 2 rings (SSSR count). The van der Waals surface area contributed by atoms with Crippen LogP contribution in [0.5, 0.6) is 11.5 Å². The molecule has 0 bridgehead atoms. The van der Waals surface area contributed by atoms with Crippen LogP contribution in [0.4, 0.5) is 0 Å². The summed E-state index contributed by atoms with van der Waals surface area (Å²) in [6, 6.07) is 5.45. The first-order valence-corrected chi connectivity index (χ1v) is 7.36. The highest BCUT2D eigenvalue weighted by atomic mass is 16.5. The molecule has 1 N–H and O–H groups in total. The largest absolute Gasteiger partial charge is 0.493 e. The Kier molecular flexibility index (Phi) is 5.77. The molecule has 22 heavy (non-hydrogen) atoms. The highest BCUT2D eigenvalue weighted by molar-refractivity contribution is 5.87. The number of amides is 1. The van der Waals surface area contributed by atoms with E-state index >= 15 is 0 Å². The third-order valence-electron chi connectivity index (χ3n) is 3.72. The Hall–Kier alpha value is -2.08. The Bertz CT molecular complexity index is 548. The van der Waals surface area contributed by atoms with E-state index in [0.717, 1.165) is 37.2 Å². The first-order valence-electron chi connectivity index (χ1n) is 7.36. The Labute approximate surface area is 131 Å². The quantitative estimate of drug-likeness (QED) is 0.836. The molecule has 0 unspecified atom stereocenters. The van der Waals surface area contributed by atoms with Crippen molar-refractivity contribution in [2.24, 2.45) is 5.10 Å². The number of benzene rings is 1. The van der Waals surface area contributed by atoms with Crippen LogP contribution >= 0.6 is 0 Å². The summed E-state index contributed by atoms with van der Waals surface area (Å²) in [5, 5.41) is 4.22. The average Bonchev–Trinajstić information content (AvgIpc) is 2.54. The van der Waals surface area contributed by atoms with Gasteiger partial charge in [-0.15, -0.1) is 0 Å². The van der Waals surface area contributed by atoms with Gasteiger partial charge >= 0.3 is 0 Å².